The van der Waals surface area contributed by atoms with Gasteiger partial charge in [0, 0.05) is 22.0 Å². The SMILES string of the molecule is C=CC1(C)C(Cl)CC2C(=C3C(=O)Nc4cccc(c43)C2(C)C)C1C#N. The topological polar surface area (TPSA) is 52.9 Å². The molecule has 4 unspecified atom stereocenters. The maximum absolute atomic E-state index is 12.8. The first kappa shape index (κ1) is 16.4. The molecule has 4 atom stereocenters. The van der Waals surface area contributed by atoms with Crippen LogP contribution in [0.5, 0.6) is 0 Å². The fourth-order valence-electron chi connectivity index (χ4n) is 4.99. The van der Waals surface area contributed by atoms with E-state index >= 15 is 0 Å². The Morgan fingerprint density at radius 1 is 1.40 bits per heavy atom. The van der Waals surface area contributed by atoms with Crippen LogP contribution in [0.15, 0.2) is 36.4 Å². The van der Waals surface area contributed by atoms with Crippen molar-refractivity contribution in [3.8, 4) is 6.07 Å². The van der Waals surface area contributed by atoms with Crippen LogP contribution in [-0.4, -0.2) is 11.3 Å². The van der Waals surface area contributed by atoms with Crippen molar-refractivity contribution in [2.75, 3.05) is 5.32 Å². The van der Waals surface area contributed by atoms with E-state index in [0.717, 1.165) is 28.8 Å². The highest BCUT2D eigenvalue weighted by molar-refractivity contribution is 6.33. The van der Waals surface area contributed by atoms with Crippen LogP contribution < -0.4 is 5.32 Å². The lowest BCUT2D eigenvalue weighted by molar-refractivity contribution is -0.110. The first-order valence-corrected chi connectivity index (χ1v) is 9.07. The van der Waals surface area contributed by atoms with E-state index < -0.39 is 11.3 Å². The van der Waals surface area contributed by atoms with E-state index in [1.807, 2.05) is 19.1 Å². The molecule has 3 aliphatic rings. The highest BCUT2D eigenvalue weighted by Crippen LogP contribution is 2.61. The Labute approximate surface area is 153 Å². The van der Waals surface area contributed by atoms with E-state index in [9.17, 15) is 10.1 Å². The first-order valence-electron chi connectivity index (χ1n) is 8.64. The van der Waals surface area contributed by atoms with E-state index in [4.69, 9.17) is 11.6 Å². The minimum absolute atomic E-state index is 0.0641. The lowest BCUT2D eigenvalue weighted by Gasteiger charge is -2.52. The summed E-state index contributed by atoms with van der Waals surface area (Å²) in [6.07, 6.45) is 2.52. The summed E-state index contributed by atoms with van der Waals surface area (Å²) in [6, 6.07) is 8.48. The number of amides is 1. The summed E-state index contributed by atoms with van der Waals surface area (Å²) >= 11 is 6.77. The Kier molecular flexibility index (Phi) is 3.28. The van der Waals surface area contributed by atoms with Crippen molar-refractivity contribution in [2.24, 2.45) is 17.3 Å². The number of alkyl halides is 1. The van der Waals surface area contributed by atoms with E-state index in [1.165, 1.54) is 0 Å². The largest absolute Gasteiger partial charge is 0.321 e. The molecule has 0 saturated heterocycles. The molecule has 1 N–H and O–H groups in total. The normalized spacial score (nSPS) is 34.7. The van der Waals surface area contributed by atoms with Gasteiger partial charge in [0.1, 0.15) is 0 Å². The average Bonchev–Trinajstić information content (AvgIpc) is 2.91. The zero-order valence-corrected chi connectivity index (χ0v) is 15.4. The highest BCUT2D eigenvalue weighted by Gasteiger charge is 2.56. The fraction of sp³-hybridized carbons (Fsp3) is 0.429. The summed E-state index contributed by atoms with van der Waals surface area (Å²) < 4.78 is 0. The van der Waals surface area contributed by atoms with Gasteiger partial charge in [-0.2, -0.15) is 5.26 Å². The Morgan fingerprint density at radius 3 is 2.76 bits per heavy atom. The molecule has 0 bridgehead atoms. The monoisotopic (exact) mass is 352 g/mol. The number of carbonyl (C=O) groups is 1. The molecule has 25 heavy (non-hydrogen) atoms. The molecular weight excluding hydrogens is 332 g/mol. The van der Waals surface area contributed by atoms with Gasteiger partial charge in [-0.3, -0.25) is 4.79 Å². The Bertz CT molecular complexity index is 892. The summed E-state index contributed by atoms with van der Waals surface area (Å²) in [5.74, 6) is -0.488. The van der Waals surface area contributed by atoms with Crippen LogP contribution in [0.25, 0.3) is 5.57 Å². The molecule has 3 nitrogen and oxygen atoms in total. The van der Waals surface area contributed by atoms with Crippen molar-refractivity contribution in [1.29, 1.82) is 5.26 Å². The smallest absolute Gasteiger partial charge is 0.256 e. The van der Waals surface area contributed by atoms with Gasteiger partial charge in [0.05, 0.1) is 17.6 Å². The van der Waals surface area contributed by atoms with Crippen molar-refractivity contribution in [2.45, 2.75) is 38.0 Å². The zero-order valence-electron chi connectivity index (χ0n) is 14.7. The third-order valence-electron chi connectivity index (χ3n) is 6.64. The Hall–Kier alpha value is -2.05. The second-order valence-corrected chi connectivity index (χ2v) is 8.65. The molecule has 1 saturated carbocycles. The maximum atomic E-state index is 12.8. The van der Waals surface area contributed by atoms with Crippen molar-refractivity contribution < 1.29 is 4.79 Å². The van der Waals surface area contributed by atoms with Gasteiger partial charge in [0.15, 0.2) is 0 Å². The Morgan fingerprint density at radius 2 is 2.12 bits per heavy atom. The van der Waals surface area contributed by atoms with Crippen molar-refractivity contribution in [3.63, 3.8) is 0 Å². The van der Waals surface area contributed by atoms with Crippen LogP contribution >= 0.6 is 11.6 Å². The second-order valence-electron chi connectivity index (χ2n) is 8.12. The number of benzene rings is 1. The van der Waals surface area contributed by atoms with Gasteiger partial charge in [0.25, 0.3) is 5.91 Å². The van der Waals surface area contributed by atoms with Crippen molar-refractivity contribution >= 4 is 28.8 Å². The number of nitriles is 1. The predicted molar refractivity (Wildman–Crippen MR) is 100 cm³/mol. The minimum atomic E-state index is -0.555. The molecule has 4 heteroatoms. The van der Waals surface area contributed by atoms with E-state index in [0.29, 0.717) is 5.57 Å². The van der Waals surface area contributed by atoms with Crippen molar-refractivity contribution in [1.82, 2.24) is 0 Å². The number of allylic oxidation sites excluding steroid dienone is 2. The molecule has 2 aliphatic carbocycles. The predicted octanol–water partition coefficient (Wildman–Crippen LogP) is 4.64. The van der Waals surface area contributed by atoms with Crippen LogP contribution in [0.2, 0.25) is 0 Å². The molecule has 1 aromatic rings. The third kappa shape index (κ3) is 1.84. The zero-order chi connectivity index (χ0) is 18.1. The molecular formula is C21H21ClN2O. The summed E-state index contributed by atoms with van der Waals surface area (Å²) in [6.45, 7) is 10.3. The molecule has 0 spiro atoms. The number of nitrogens with zero attached hydrogens (tertiary/aromatic N) is 1. The van der Waals surface area contributed by atoms with Crippen LogP contribution in [0.1, 0.15) is 38.3 Å². The van der Waals surface area contributed by atoms with Crippen molar-refractivity contribution in [3.05, 3.63) is 47.6 Å². The molecule has 1 heterocycles. The number of halogens is 1. The average molecular weight is 353 g/mol. The molecule has 0 radical (unpaired) electrons. The van der Waals surface area contributed by atoms with Gasteiger partial charge < -0.3 is 5.32 Å². The maximum Gasteiger partial charge on any atom is 0.256 e. The number of anilines is 1. The standard InChI is InChI=1S/C21H21ClN2O/c1-5-21(4)13(10-23)16-12(9-15(21)22)20(2,3)11-7-6-8-14-17(11)18(16)19(25)24-14/h5-8,12-13,15H,1,9H2,2-4H3,(H,24,25). The number of hydrogen-bond donors (Lipinski definition) is 1. The molecule has 1 amide bonds. The summed E-state index contributed by atoms with van der Waals surface area (Å²) in [5, 5.41) is 12.8. The highest BCUT2D eigenvalue weighted by atomic mass is 35.5. The molecule has 128 valence electrons. The third-order valence-corrected chi connectivity index (χ3v) is 7.29. The first-order chi connectivity index (χ1) is 11.8. The van der Waals surface area contributed by atoms with Gasteiger partial charge in [0.2, 0.25) is 0 Å². The van der Waals surface area contributed by atoms with Crippen LogP contribution in [0.4, 0.5) is 5.69 Å². The second kappa shape index (κ2) is 4.99. The van der Waals surface area contributed by atoms with E-state index in [2.05, 4.69) is 37.9 Å². The molecule has 1 fully saturated rings. The summed E-state index contributed by atoms with van der Waals surface area (Å²) in [7, 11) is 0. The van der Waals surface area contributed by atoms with Gasteiger partial charge in [-0.25, -0.2) is 0 Å². The van der Waals surface area contributed by atoms with E-state index in [1.54, 1.807) is 6.08 Å². The Balaban J connectivity index is 2.10. The lowest BCUT2D eigenvalue weighted by atomic mass is 9.52. The van der Waals surface area contributed by atoms with Crippen LogP contribution in [0, 0.1) is 28.6 Å². The molecule has 1 aromatic carbocycles. The van der Waals surface area contributed by atoms with Gasteiger partial charge in [-0.05, 0) is 35.0 Å². The molecule has 4 rings (SSSR count). The van der Waals surface area contributed by atoms with Gasteiger partial charge in [-0.15, -0.1) is 18.2 Å². The number of rotatable bonds is 1. The lowest BCUT2D eigenvalue weighted by Crippen LogP contribution is -2.49. The number of fused-ring (bicyclic) bond motifs is 1. The van der Waals surface area contributed by atoms with Crippen LogP contribution in [0.3, 0.4) is 0 Å². The van der Waals surface area contributed by atoms with E-state index in [-0.39, 0.29) is 22.6 Å². The molecule has 1 aliphatic heterocycles. The summed E-state index contributed by atoms with van der Waals surface area (Å²) in [4.78, 5) is 12.8. The number of carbonyl (C=O) groups excluding carboxylic acids is 1. The summed E-state index contributed by atoms with van der Waals surface area (Å²) in [5.41, 5.74) is 3.88. The van der Waals surface area contributed by atoms with Crippen LogP contribution in [-0.2, 0) is 10.2 Å². The molecule has 0 aromatic heterocycles. The minimum Gasteiger partial charge on any atom is -0.321 e. The van der Waals surface area contributed by atoms with Gasteiger partial charge >= 0.3 is 0 Å². The quantitative estimate of drug-likeness (QED) is 0.591. The van der Waals surface area contributed by atoms with Gasteiger partial charge in [-0.1, -0.05) is 39.0 Å². The number of hydrogen-bond acceptors (Lipinski definition) is 2. The number of nitrogens with one attached hydrogen (secondary N) is 1. The fourth-order valence-corrected chi connectivity index (χ4v) is 5.38.